The Morgan fingerprint density at radius 1 is 0.826 bits per heavy atom. The molecule has 6 aromatic rings. The van der Waals surface area contributed by atoms with Crippen LogP contribution in [0.5, 0.6) is 0 Å². The molecule has 2 aliphatic heterocycles. The summed E-state index contributed by atoms with van der Waals surface area (Å²) in [5.74, 6) is 9.92. The molecule has 8 heteroatoms. The Labute approximate surface area is 265 Å². The van der Waals surface area contributed by atoms with Crippen molar-refractivity contribution < 1.29 is 9.53 Å². The molecule has 0 bridgehead atoms. The first-order valence-electron chi connectivity index (χ1n) is 16.3. The summed E-state index contributed by atoms with van der Waals surface area (Å²) >= 11 is 0. The van der Waals surface area contributed by atoms with Gasteiger partial charge in [0.25, 0.3) is 0 Å². The fourth-order valence-electron chi connectivity index (χ4n) is 7.76. The lowest BCUT2D eigenvalue weighted by Crippen LogP contribution is -2.34. The van der Waals surface area contributed by atoms with E-state index in [4.69, 9.17) is 14.7 Å². The molecule has 4 aromatic carbocycles. The third-order valence-corrected chi connectivity index (χ3v) is 10.4. The lowest BCUT2D eigenvalue weighted by molar-refractivity contribution is 0.0833. The molecule has 4 fully saturated rings. The highest BCUT2D eigenvalue weighted by Gasteiger charge is 2.56. The first-order chi connectivity index (χ1) is 22.6. The summed E-state index contributed by atoms with van der Waals surface area (Å²) in [4.78, 5) is 32.1. The van der Waals surface area contributed by atoms with E-state index < -0.39 is 0 Å². The van der Waals surface area contributed by atoms with Crippen LogP contribution in [0.15, 0.2) is 78.9 Å². The van der Waals surface area contributed by atoms with E-state index in [1.807, 2.05) is 41.3 Å². The summed E-state index contributed by atoms with van der Waals surface area (Å²) < 4.78 is 5.75. The number of hydrogen-bond acceptors (Lipinski definition) is 5. The fourth-order valence-corrected chi connectivity index (χ4v) is 7.76. The van der Waals surface area contributed by atoms with Crippen LogP contribution in [0.1, 0.15) is 66.1 Å². The van der Waals surface area contributed by atoms with Gasteiger partial charge in [-0.3, -0.25) is 4.90 Å². The Bertz CT molecular complexity index is 2230. The number of nitrogens with one attached hydrogen (secondary N) is 3. The first-order valence-corrected chi connectivity index (χ1v) is 16.3. The molecule has 0 spiro atoms. The maximum Gasteiger partial charge on any atom is 0.410 e. The third kappa shape index (κ3) is 4.45. The molecule has 2 aliphatic carbocycles. The predicted octanol–water partition coefficient (Wildman–Crippen LogP) is 6.89. The van der Waals surface area contributed by atoms with Gasteiger partial charge in [-0.1, -0.05) is 54.3 Å². The van der Waals surface area contributed by atoms with Gasteiger partial charge in [0.05, 0.1) is 34.2 Å². The predicted molar refractivity (Wildman–Crippen MR) is 176 cm³/mol. The summed E-state index contributed by atoms with van der Waals surface area (Å²) in [5, 5.41) is 5.83. The summed E-state index contributed by atoms with van der Waals surface area (Å²) in [6.45, 7) is 0.272. The van der Waals surface area contributed by atoms with Gasteiger partial charge in [0, 0.05) is 28.6 Å². The highest BCUT2D eigenvalue weighted by atomic mass is 16.6. The Balaban J connectivity index is 0.891. The zero-order valence-corrected chi connectivity index (χ0v) is 25.2. The minimum absolute atomic E-state index is 0.108. The second kappa shape index (κ2) is 9.93. The van der Waals surface area contributed by atoms with Gasteiger partial charge >= 0.3 is 6.09 Å². The lowest BCUT2D eigenvalue weighted by Gasteiger charge is -2.25. The molecule has 46 heavy (non-hydrogen) atoms. The summed E-state index contributed by atoms with van der Waals surface area (Å²) in [5.41, 5.74) is 6.79. The fraction of sp³-hybridized carbons (Fsp3) is 0.289. The number of imidazole rings is 2. The zero-order chi connectivity index (χ0) is 30.4. The average molecular weight is 605 g/mol. The lowest BCUT2D eigenvalue weighted by atomic mass is 10.1. The Morgan fingerprint density at radius 2 is 1.67 bits per heavy atom. The van der Waals surface area contributed by atoms with Crippen LogP contribution in [0, 0.1) is 23.7 Å². The molecule has 2 saturated carbocycles. The first kappa shape index (κ1) is 26.1. The van der Waals surface area contributed by atoms with E-state index in [1.165, 1.54) is 12.8 Å². The van der Waals surface area contributed by atoms with Crippen molar-refractivity contribution >= 4 is 38.9 Å². The minimum Gasteiger partial charge on any atom is -0.445 e. The van der Waals surface area contributed by atoms with Gasteiger partial charge in [-0.2, -0.15) is 0 Å². The molecule has 4 aliphatic rings. The highest BCUT2D eigenvalue weighted by Crippen LogP contribution is 2.53. The number of carbonyl (C=O) groups is 1. The van der Waals surface area contributed by atoms with Gasteiger partial charge < -0.3 is 20.0 Å². The molecule has 10 rings (SSSR count). The topological polar surface area (TPSA) is 98.9 Å². The van der Waals surface area contributed by atoms with E-state index in [2.05, 4.69) is 69.6 Å². The van der Waals surface area contributed by atoms with E-state index in [9.17, 15) is 4.79 Å². The molecule has 226 valence electrons. The molecule has 0 radical (unpaired) electrons. The van der Waals surface area contributed by atoms with Gasteiger partial charge in [-0.25, -0.2) is 14.8 Å². The number of nitrogens with zero attached hydrogens (tertiary/aromatic N) is 3. The molecular weight excluding hydrogens is 572 g/mol. The van der Waals surface area contributed by atoms with Crippen molar-refractivity contribution in [3.8, 4) is 11.8 Å². The van der Waals surface area contributed by atoms with Crippen LogP contribution < -0.4 is 5.32 Å². The normalized spacial score (nSPS) is 25.8. The number of carbonyl (C=O) groups excluding carboxylic acids is 1. The standard InChI is InChI=1S/C38H32N6O2/c45-38(46-20-23-4-2-1-3-5-23)44-33-18-26(33)19-34(44)37-41-29-13-10-24-14-21(8-11-27(24)35(29)43-37)6-7-22-9-12-28-31(15-22)42-36(40-28)32-17-25-16-30(25)39-32/h1-5,8-15,25-26,30,32-34,39H,16-20H2,(H,40,42)(H,41,43)/t25-,26-,30-,32+,33-,34+/m1/s1. The third-order valence-electron chi connectivity index (χ3n) is 10.4. The number of aromatic amines is 2. The molecule has 6 atom stereocenters. The van der Waals surface area contributed by atoms with E-state index in [0.29, 0.717) is 18.0 Å². The van der Waals surface area contributed by atoms with E-state index in [1.54, 1.807) is 0 Å². The quantitative estimate of drug-likeness (QED) is 0.191. The Kier molecular flexibility index (Phi) is 5.64. The minimum atomic E-state index is -0.262. The highest BCUT2D eigenvalue weighted by molar-refractivity contribution is 6.04. The van der Waals surface area contributed by atoms with Crippen LogP contribution in [-0.4, -0.2) is 43.0 Å². The van der Waals surface area contributed by atoms with Crippen LogP contribution in [-0.2, 0) is 11.3 Å². The number of hydrogen-bond donors (Lipinski definition) is 3. The van der Waals surface area contributed by atoms with Crippen LogP contribution in [0.4, 0.5) is 4.79 Å². The monoisotopic (exact) mass is 604 g/mol. The van der Waals surface area contributed by atoms with Crippen LogP contribution >= 0.6 is 0 Å². The van der Waals surface area contributed by atoms with E-state index in [0.717, 1.165) is 79.9 Å². The zero-order valence-electron chi connectivity index (χ0n) is 25.2. The summed E-state index contributed by atoms with van der Waals surface area (Å²) in [7, 11) is 0. The van der Waals surface area contributed by atoms with Crippen LogP contribution in [0.25, 0.3) is 32.8 Å². The number of fused-ring (bicyclic) bond motifs is 6. The number of aromatic nitrogens is 4. The van der Waals surface area contributed by atoms with Gasteiger partial charge in [-0.15, -0.1) is 0 Å². The molecule has 2 saturated heterocycles. The molecule has 2 aromatic heterocycles. The Hall–Kier alpha value is -5.13. The van der Waals surface area contributed by atoms with Gasteiger partial charge in [-0.05, 0) is 84.9 Å². The van der Waals surface area contributed by atoms with Crippen LogP contribution in [0.3, 0.4) is 0 Å². The molecular formula is C38H32N6O2. The summed E-state index contributed by atoms with van der Waals surface area (Å²) in [6.07, 6.45) is 4.18. The molecule has 8 nitrogen and oxygen atoms in total. The number of ether oxygens (including phenoxy) is 1. The summed E-state index contributed by atoms with van der Waals surface area (Å²) in [6, 6.07) is 27.7. The smallest absolute Gasteiger partial charge is 0.410 e. The second-order valence-electron chi connectivity index (χ2n) is 13.4. The van der Waals surface area contributed by atoms with E-state index in [-0.39, 0.29) is 24.8 Å². The van der Waals surface area contributed by atoms with Crippen molar-refractivity contribution in [1.29, 1.82) is 0 Å². The van der Waals surface area contributed by atoms with Crippen molar-refractivity contribution in [3.63, 3.8) is 0 Å². The number of amides is 1. The van der Waals surface area contributed by atoms with Crippen molar-refractivity contribution in [2.45, 2.75) is 56.5 Å². The molecule has 4 heterocycles. The van der Waals surface area contributed by atoms with Gasteiger partial charge in [0.1, 0.15) is 18.3 Å². The molecule has 0 unspecified atom stereocenters. The van der Waals surface area contributed by atoms with Gasteiger partial charge in [0.2, 0.25) is 0 Å². The molecule has 1 amide bonds. The number of H-pyrrole nitrogens is 2. The maximum atomic E-state index is 13.2. The van der Waals surface area contributed by atoms with Crippen molar-refractivity contribution in [3.05, 3.63) is 107 Å². The number of benzene rings is 4. The van der Waals surface area contributed by atoms with Crippen molar-refractivity contribution in [1.82, 2.24) is 30.2 Å². The largest absolute Gasteiger partial charge is 0.445 e. The van der Waals surface area contributed by atoms with Crippen molar-refractivity contribution in [2.75, 3.05) is 0 Å². The maximum absolute atomic E-state index is 13.2. The molecule has 3 N–H and O–H groups in total. The van der Waals surface area contributed by atoms with Crippen LogP contribution in [0.2, 0.25) is 0 Å². The van der Waals surface area contributed by atoms with E-state index >= 15 is 0 Å². The average Bonchev–Trinajstić information content (AvgIpc) is 3.70. The Morgan fingerprint density at radius 3 is 2.54 bits per heavy atom. The number of likely N-dealkylation sites (tertiary alicyclic amines) is 1. The number of piperidine rings is 2. The second-order valence-corrected chi connectivity index (χ2v) is 13.4. The van der Waals surface area contributed by atoms with Crippen molar-refractivity contribution in [2.24, 2.45) is 11.8 Å². The SMILES string of the molecule is O=C(OCc1ccccc1)N1[C@@H]2C[C@@H]2C[C@H]1c1nc2c(ccc3cc(C#Cc4ccc5nc([C@@H]6C[C@H]7C[C@H]7N6)[nH]c5c4)ccc32)[nH]1. The van der Waals surface area contributed by atoms with Gasteiger partial charge in [0.15, 0.2) is 0 Å². The number of rotatable bonds is 4.